The second-order valence-corrected chi connectivity index (χ2v) is 4.42. The summed E-state index contributed by atoms with van der Waals surface area (Å²) in [4.78, 5) is 0. The fraction of sp³-hybridized carbons (Fsp3) is 1.00. The topological polar surface area (TPSA) is 36.9 Å². The molecule has 4 nitrogen and oxygen atoms in total. The van der Waals surface area contributed by atoms with E-state index in [1.54, 1.807) is 7.11 Å². The number of hydrogen-bond donors (Lipinski definition) is 0. The summed E-state index contributed by atoms with van der Waals surface area (Å²) < 4.78 is 23.1. The largest absolute Gasteiger partial charge is 0.353 e. The summed E-state index contributed by atoms with van der Waals surface area (Å²) in [6, 6.07) is 0. The number of methoxy groups -OCH3 is 1. The molecule has 0 spiro atoms. The van der Waals surface area contributed by atoms with E-state index >= 15 is 0 Å². The van der Waals surface area contributed by atoms with Crippen molar-refractivity contribution in [3.05, 3.63) is 0 Å². The van der Waals surface area contributed by atoms with Crippen LogP contribution in [0.1, 0.15) is 46.5 Å². The van der Waals surface area contributed by atoms with E-state index in [1.807, 2.05) is 13.8 Å². The molecule has 0 aromatic rings. The van der Waals surface area contributed by atoms with E-state index < -0.39 is 11.6 Å². The van der Waals surface area contributed by atoms with E-state index in [4.69, 9.17) is 18.9 Å². The highest BCUT2D eigenvalue weighted by molar-refractivity contribution is 4.85. The number of rotatable bonds is 7. The van der Waals surface area contributed by atoms with Gasteiger partial charge in [-0.1, -0.05) is 13.3 Å². The van der Waals surface area contributed by atoms with Crippen molar-refractivity contribution >= 4 is 0 Å². The molecular formula is C13H26O4. The fourth-order valence-electron chi connectivity index (χ4n) is 2.53. The maximum atomic E-state index is 5.83. The summed E-state index contributed by atoms with van der Waals surface area (Å²) in [6.45, 7) is 8.02. The van der Waals surface area contributed by atoms with Crippen LogP contribution in [0.4, 0.5) is 0 Å². The van der Waals surface area contributed by atoms with Crippen LogP contribution in [0, 0.1) is 0 Å². The molecule has 0 N–H and O–H groups in total. The molecule has 1 atom stereocenters. The average molecular weight is 246 g/mol. The van der Waals surface area contributed by atoms with Crippen LogP contribution in [-0.2, 0) is 18.9 Å². The van der Waals surface area contributed by atoms with Crippen LogP contribution in [0.2, 0.25) is 0 Å². The van der Waals surface area contributed by atoms with Gasteiger partial charge in [0.2, 0.25) is 0 Å². The van der Waals surface area contributed by atoms with Crippen LogP contribution in [0.15, 0.2) is 0 Å². The van der Waals surface area contributed by atoms with Gasteiger partial charge in [-0.2, -0.15) is 0 Å². The summed E-state index contributed by atoms with van der Waals surface area (Å²) in [5, 5.41) is 0. The Morgan fingerprint density at radius 3 is 2.24 bits per heavy atom. The molecule has 1 aliphatic rings. The fourth-order valence-corrected chi connectivity index (χ4v) is 2.53. The highest BCUT2D eigenvalue weighted by atomic mass is 16.7. The molecule has 17 heavy (non-hydrogen) atoms. The Kier molecular flexibility index (Phi) is 5.86. The van der Waals surface area contributed by atoms with Gasteiger partial charge in [-0.05, 0) is 13.8 Å². The second kappa shape index (κ2) is 6.69. The van der Waals surface area contributed by atoms with Crippen molar-refractivity contribution in [1.82, 2.24) is 0 Å². The molecule has 0 aromatic carbocycles. The standard InChI is InChI=1S/C13H26O4/c1-5-8-12(14-4)11-13(15-6-2,16-7-3)9-10-17-12/h5-11H2,1-4H3. The Balaban J connectivity index is 2.78. The molecule has 1 saturated heterocycles. The molecule has 102 valence electrons. The van der Waals surface area contributed by atoms with E-state index in [1.165, 1.54) is 0 Å². The molecule has 0 radical (unpaired) electrons. The van der Waals surface area contributed by atoms with Gasteiger partial charge < -0.3 is 18.9 Å². The van der Waals surface area contributed by atoms with Crippen molar-refractivity contribution in [1.29, 1.82) is 0 Å². The van der Waals surface area contributed by atoms with Crippen molar-refractivity contribution in [2.24, 2.45) is 0 Å². The van der Waals surface area contributed by atoms with Crippen molar-refractivity contribution in [3.63, 3.8) is 0 Å². The van der Waals surface area contributed by atoms with E-state index in [0.29, 0.717) is 26.2 Å². The van der Waals surface area contributed by atoms with E-state index in [9.17, 15) is 0 Å². The predicted molar refractivity (Wildman–Crippen MR) is 65.8 cm³/mol. The molecule has 0 bridgehead atoms. The molecule has 0 saturated carbocycles. The lowest BCUT2D eigenvalue weighted by Crippen LogP contribution is -2.53. The summed E-state index contributed by atoms with van der Waals surface area (Å²) in [5.74, 6) is -1.08. The molecule has 4 heteroatoms. The molecule has 1 unspecified atom stereocenters. The third kappa shape index (κ3) is 3.65. The van der Waals surface area contributed by atoms with E-state index in [2.05, 4.69) is 6.92 Å². The first kappa shape index (κ1) is 14.9. The highest BCUT2D eigenvalue weighted by Crippen LogP contribution is 2.39. The smallest absolute Gasteiger partial charge is 0.175 e. The quantitative estimate of drug-likeness (QED) is 0.647. The van der Waals surface area contributed by atoms with Gasteiger partial charge in [0.1, 0.15) is 0 Å². The number of ether oxygens (including phenoxy) is 4. The van der Waals surface area contributed by atoms with Gasteiger partial charge in [0.25, 0.3) is 0 Å². The first-order valence-electron chi connectivity index (χ1n) is 6.63. The molecular weight excluding hydrogens is 220 g/mol. The zero-order valence-corrected chi connectivity index (χ0v) is 11.6. The van der Waals surface area contributed by atoms with Crippen LogP contribution in [0.3, 0.4) is 0 Å². The van der Waals surface area contributed by atoms with E-state index in [0.717, 1.165) is 19.3 Å². The van der Waals surface area contributed by atoms with Crippen LogP contribution in [-0.4, -0.2) is 38.5 Å². The maximum absolute atomic E-state index is 5.83. The van der Waals surface area contributed by atoms with Gasteiger partial charge in [0, 0.05) is 33.2 Å². The molecule has 1 heterocycles. The minimum atomic E-state index is -0.544. The zero-order valence-electron chi connectivity index (χ0n) is 11.6. The van der Waals surface area contributed by atoms with Crippen LogP contribution in [0.25, 0.3) is 0 Å². The summed E-state index contributed by atoms with van der Waals surface area (Å²) in [6.07, 6.45) is 3.29. The molecule has 0 amide bonds. The lowest BCUT2D eigenvalue weighted by molar-refractivity contribution is -0.347. The summed E-state index contributed by atoms with van der Waals surface area (Å²) in [7, 11) is 1.70. The Labute approximate surface area is 105 Å². The maximum Gasteiger partial charge on any atom is 0.175 e. The SMILES string of the molecule is CCCC1(OC)CC(OCC)(OCC)CCO1. The summed E-state index contributed by atoms with van der Waals surface area (Å²) >= 11 is 0. The molecule has 0 aliphatic carbocycles. The van der Waals surface area contributed by atoms with Gasteiger partial charge in [0.15, 0.2) is 11.6 Å². The predicted octanol–water partition coefficient (Wildman–Crippen LogP) is 2.71. The summed E-state index contributed by atoms with van der Waals surface area (Å²) in [5.41, 5.74) is 0. The van der Waals surface area contributed by atoms with Crippen LogP contribution >= 0.6 is 0 Å². The number of hydrogen-bond acceptors (Lipinski definition) is 4. The first-order valence-corrected chi connectivity index (χ1v) is 6.63. The molecule has 1 fully saturated rings. The monoisotopic (exact) mass is 246 g/mol. The Bertz CT molecular complexity index is 204. The lowest BCUT2D eigenvalue weighted by atomic mass is 9.95. The second-order valence-electron chi connectivity index (χ2n) is 4.42. The van der Waals surface area contributed by atoms with Gasteiger partial charge in [-0.15, -0.1) is 0 Å². The van der Waals surface area contributed by atoms with Crippen molar-refractivity contribution in [3.8, 4) is 0 Å². The van der Waals surface area contributed by atoms with Crippen LogP contribution in [0.5, 0.6) is 0 Å². The minimum Gasteiger partial charge on any atom is -0.353 e. The van der Waals surface area contributed by atoms with Crippen molar-refractivity contribution in [2.75, 3.05) is 26.9 Å². The molecule has 1 rings (SSSR count). The normalized spacial score (nSPS) is 28.2. The van der Waals surface area contributed by atoms with Gasteiger partial charge in [-0.3, -0.25) is 0 Å². The van der Waals surface area contributed by atoms with E-state index in [-0.39, 0.29) is 0 Å². The third-order valence-corrected chi connectivity index (χ3v) is 3.20. The van der Waals surface area contributed by atoms with Crippen molar-refractivity contribution in [2.45, 2.75) is 58.0 Å². The van der Waals surface area contributed by atoms with Crippen molar-refractivity contribution < 1.29 is 18.9 Å². The molecule has 1 aliphatic heterocycles. The zero-order chi connectivity index (χ0) is 12.8. The third-order valence-electron chi connectivity index (χ3n) is 3.20. The molecule has 0 aromatic heterocycles. The van der Waals surface area contributed by atoms with Crippen LogP contribution < -0.4 is 0 Å². The Hall–Kier alpha value is -0.160. The average Bonchev–Trinajstić information content (AvgIpc) is 2.30. The minimum absolute atomic E-state index is 0.535. The lowest BCUT2D eigenvalue weighted by Gasteiger charge is -2.46. The van der Waals surface area contributed by atoms with Gasteiger partial charge in [0.05, 0.1) is 13.0 Å². The van der Waals surface area contributed by atoms with Gasteiger partial charge >= 0.3 is 0 Å². The Morgan fingerprint density at radius 2 is 1.76 bits per heavy atom. The first-order chi connectivity index (χ1) is 8.16. The van der Waals surface area contributed by atoms with Gasteiger partial charge in [-0.25, -0.2) is 0 Å². The highest BCUT2D eigenvalue weighted by Gasteiger charge is 2.47. The Morgan fingerprint density at radius 1 is 1.12 bits per heavy atom.